The zero-order valence-corrected chi connectivity index (χ0v) is 9.98. The van der Waals surface area contributed by atoms with Crippen LogP contribution in [0.15, 0.2) is 15.8 Å². The van der Waals surface area contributed by atoms with Gasteiger partial charge in [0.25, 0.3) is 0 Å². The van der Waals surface area contributed by atoms with Crippen LogP contribution in [0.25, 0.3) is 0 Å². The molecule has 1 amide bonds. The third-order valence-corrected chi connectivity index (χ3v) is 2.11. The summed E-state index contributed by atoms with van der Waals surface area (Å²) in [5.41, 5.74) is 0.534. The van der Waals surface area contributed by atoms with Crippen molar-refractivity contribution < 1.29 is 9.63 Å². The molecule has 1 N–H and O–H groups in total. The molecule has 0 saturated carbocycles. The summed E-state index contributed by atoms with van der Waals surface area (Å²) in [6.45, 7) is 2.32. The molecule has 1 aromatic rings. The number of nitrogens with zero attached hydrogens (tertiary/aromatic N) is 3. The van der Waals surface area contributed by atoms with Gasteiger partial charge in [-0.25, -0.2) is 4.79 Å². The highest BCUT2D eigenvalue weighted by atomic mass is 79.9. The zero-order chi connectivity index (χ0) is 11.3. The lowest BCUT2D eigenvalue weighted by Gasteiger charge is -1.95. The normalized spacial score (nSPS) is 10.6. The summed E-state index contributed by atoms with van der Waals surface area (Å²) in [6, 6.07) is -0.313. The zero-order valence-electron chi connectivity index (χ0n) is 8.40. The monoisotopic (exact) mass is 274 g/mol. The van der Waals surface area contributed by atoms with Gasteiger partial charge < -0.3 is 10.2 Å². The smallest absolute Gasteiger partial charge is 0.341 e. The highest BCUT2D eigenvalue weighted by Crippen LogP contribution is 2.12. The molecule has 0 saturated heterocycles. The van der Waals surface area contributed by atoms with Crippen molar-refractivity contribution in [3.05, 3.63) is 16.4 Å². The highest BCUT2D eigenvalue weighted by Gasteiger charge is 2.08. The quantitative estimate of drug-likeness (QED) is 0.665. The van der Waals surface area contributed by atoms with Crippen LogP contribution in [0.1, 0.15) is 12.6 Å². The first kappa shape index (κ1) is 11.7. The van der Waals surface area contributed by atoms with Crippen molar-refractivity contribution in [1.82, 2.24) is 15.1 Å². The number of hydrogen-bond acceptors (Lipinski definition) is 4. The lowest BCUT2D eigenvalue weighted by Crippen LogP contribution is -2.24. The molecule has 82 valence electrons. The largest absolute Gasteiger partial charge is 0.396 e. The molecule has 0 fully saturated rings. The van der Waals surface area contributed by atoms with Gasteiger partial charge in [0.15, 0.2) is 0 Å². The molecule has 0 aliphatic heterocycles. The Kier molecular flexibility index (Phi) is 4.29. The fourth-order valence-electron chi connectivity index (χ4n) is 0.834. The standard InChI is InChI=1S/C8H11BrN4O2/c1-3-15-11-4-7-6(9)5-13(12-7)8(14)10-2/h4-5H,3H2,1-2H3,(H,10,14)/b11-4-. The Hall–Kier alpha value is -1.37. The topological polar surface area (TPSA) is 68.5 Å². The van der Waals surface area contributed by atoms with Crippen LogP contribution in [0.3, 0.4) is 0 Å². The Morgan fingerprint density at radius 2 is 2.60 bits per heavy atom. The lowest BCUT2D eigenvalue weighted by atomic mass is 10.5. The molecule has 1 rings (SSSR count). The second-order valence-corrected chi connectivity index (χ2v) is 3.37. The molecular weight excluding hydrogens is 264 g/mol. The molecule has 1 aromatic heterocycles. The number of carbonyl (C=O) groups is 1. The van der Waals surface area contributed by atoms with Gasteiger partial charge in [0, 0.05) is 7.05 Å². The minimum absolute atomic E-state index is 0.313. The minimum atomic E-state index is -0.313. The van der Waals surface area contributed by atoms with Crippen molar-refractivity contribution in [3.63, 3.8) is 0 Å². The van der Waals surface area contributed by atoms with Crippen molar-refractivity contribution in [2.24, 2.45) is 5.16 Å². The summed E-state index contributed by atoms with van der Waals surface area (Å²) >= 11 is 3.26. The maximum Gasteiger partial charge on any atom is 0.341 e. The van der Waals surface area contributed by atoms with E-state index in [1.165, 1.54) is 17.9 Å². The molecule has 0 bridgehead atoms. The molecule has 1 heterocycles. The van der Waals surface area contributed by atoms with Gasteiger partial charge in [0.05, 0.1) is 16.9 Å². The van der Waals surface area contributed by atoms with E-state index in [4.69, 9.17) is 4.84 Å². The number of nitrogens with one attached hydrogen (secondary N) is 1. The van der Waals surface area contributed by atoms with Crippen LogP contribution in [-0.4, -0.2) is 35.7 Å². The van der Waals surface area contributed by atoms with E-state index in [0.29, 0.717) is 16.8 Å². The number of halogens is 1. The molecular formula is C8H11BrN4O2. The molecule has 15 heavy (non-hydrogen) atoms. The highest BCUT2D eigenvalue weighted by molar-refractivity contribution is 9.10. The van der Waals surface area contributed by atoms with E-state index in [9.17, 15) is 4.79 Å². The van der Waals surface area contributed by atoms with Gasteiger partial charge in [-0.15, -0.1) is 0 Å². The van der Waals surface area contributed by atoms with E-state index in [0.717, 1.165) is 0 Å². The summed E-state index contributed by atoms with van der Waals surface area (Å²) in [5.74, 6) is 0. The van der Waals surface area contributed by atoms with Gasteiger partial charge in [0.2, 0.25) is 0 Å². The van der Waals surface area contributed by atoms with Crippen LogP contribution in [0.5, 0.6) is 0 Å². The maximum atomic E-state index is 11.2. The van der Waals surface area contributed by atoms with Crippen molar-refractivity contribution in [1.29, 1.82) is 0 Å². The third-order valence-electron chi connectivity index (χ3n) is 1.50. The Labute approximate surface area is 95.4 Å². The summed E-state index contributed by atoms with van der Waals surface area (Å²) in [5, 5.41) is 10.1. The molecule has 7 heteroatoms. The minimum Gasteiger partial charge on any atom is -0.396 e. The van der Waals surface area contributed by atoms with E-state index in [-0.39, 0.29) is 6.03 Å². The van der Waals surface area contributed by atoms with Crippen LogP contribution in [-0.2, 0) is 4.84 Å². The molecule has 0 unspecified atom stereocenters. The lowest BCUT2D eigenvalue weighted by molar-refractivity contribution is 0.160. The van der Waals surface area contributed by atoms with E-state index in [1.807, 2.05) is 6.92 Å². The van der Waals surface area contributed by atoms with E-state index in [1.54, 1.807) is 6.20 Å². The van der Waals surface area contributed by atoms with Crippen LogP contribution in [0.2, 0.25) is 0 Å². The Bertz CT molecular complexity index is 375. The molecule has 0 radical (unpaired) electrons. The van der Waals surface area contributed by atoms with E-state index >= 15 is 0 Å². The summed E-state index contributed by atoms with van der Waals surface area (Å²) in [4.78, 5) is 16.0. The third kappa shape index (κ3) is 3.05. The Morgan fingerprint density at radius 1 is 1.87 bits per heavy atom. The fraction of sp³-hybridized carbons (Fsp3) is 0.375. The van der Waals surface area contributed by atoms with Gasteiger partial charge in [-0.1, -0.05) is 5.16 Å². The predicted molar refractivity (Wildman–Crippen MR) is 59.0 cm³/mol. The van der Waals surface area contributed by atoms with Gasteiger partial charge in [-0.05, 0) is 22.9 Å². The van der Waals surface area contributed by atoms with Crippen LogP contribution in [0, 0.1) is 0 Å². The second-order valence-electron chi connectivity index (χ2n) is 2.51. The molecule has 0 aromatic carbocycles. The van der Waals surface area contributed by atoms with Crippen LogP contribution in [0.4, 0.5) is 4.79 Å². The molecule has 0 spiro atoms. The number of oxime groups is 1. The van der Waals surface area contributed by atoms with Gasteiger partial charge in [-0.2, -0.15) is 9.78 Å². The first-order chi connectivity index (χ1) is 7.19. The first-order valence-electron chi connectivity index (χ1n) is 4.31. The van der Waals surface area contributed by atoms with Crippen molar-refractivity contribution in [2.45, 2.75) is 6.92 Å². The summed E-state index contributed by atoms with van der Waals surface area (Å²) in [7, 11) is 1.53. The van der Waals surface area contributed by atoms with Gasteiger partial charge in [-0.3, -0.25) is 0 Å². The number of hydrogen-bond donors (Lipinski definition) is 1. The SMILES string of the molecule is CCO/N=C\c1nn(C(=O)NC)cc1Br. The maximum absolute atomic E-state index is 11.2. The van der Waals surface area contributed by atoms with Crippen molar-refractivity contribution >= 4 is 28.2 Å². The predicted octanol–water partition coefficient (Wildman–Crippen LogP) is 1.20. The van der Waals surface area contributed by atoms with Crippen LogP contribution >= 0.6 is 15.9 Å². The summed E-state index contributed by atoms with van der Waals surface area (Å²) in [6.07, 6.45) is 2.99. The Morgan fingerprint density at radius 3 is 3.20 bits per heavy atom. The molecule has 0 atom stereocenters. The molecule has 0 aliphatic rings. The number of rotatable bonds is 3. The van der Waals surface area contributed by atoms with Gasteiger partial charge >= 0.3 is 6.03 Å². The van der Waals surface area contributed by atoms with E-state index in [2.05, 4.69) is 31.5 Å². The summed E-state index contributed by atoms with van der Waals surface area (Å²) < 4.78 is 1.85. The fourth-order valence-corrected chi connectivity index (χ4v) is 1.21. The number of aromatic nitrogens is 2. The molecule has 0 aliphatic carbocycles. The van der Waals surface area contributed by atoms with Crippen LogP contribution < -0.4 is 5.32 Å². The van der Waals surface area contributed by atoms with E-state index < -0.39 is 0 Å². The number of amides is 1. The van der Waals surface area contributed by atoms with Crippen molar-refractivity contribution in [3.8, 4) is 0 Å². The Balaban J connectivity index is 2.82. The first-order valence-corrected chi connectivity index (χ1v) is 5.11. The average molecular weight is 275 g/mol. The average Bonchev–Trinajstić information content (AvgIpc) is 2.60. The second kappa shape index (κ2) is 5.50. The molecule has 6 nitrogen and oxygen atoms in total. The van der Waals surface area contributed by atoms with Gasteiger partial charge in [0.1, 0.15) is 12.3 Å². The number of carbonyl (C=O) groups excluding carboxylic acids is 1. The van der Waals surface area contributed by atoms with Crippen molar-refractivity contribution in [2.75, 3.05) is 13.7 Å².